The van der Waals surface area contributed by atoms with Gasteiger partial charge in [0.15, 0.2) is 17.5 Å². The van der Waals surface area contributed by atoms with Gasteiger partial charge in [0, 0.05) is 34.0 Å². The van der Waals surface area contributed by atoms with Crippen LogP contribution in [0.15, 0.2) is 194 Å². The van der Waals surface area contributed by atoms with Crippen molar-refractivity contribution in [2.24, 2.45) is 0 Å². The van der Waals surface area contributed by atoms with Gasteiger partial charge < -0.3 is 0 Å². The predicted octanol–water partition coefficient (Wildman–Crippen LogP) is 12.1. The standard InChI is InChI=1S/C48H32N4/c1-3-11-33(12-4-1)35-20-26-39(27-21-35)46-50-47(40-28-22-36(23-29-40)34-13-5-2-6-14-34)52-48(51-46)41-30-24-38(25-31-41)43-19-10-32-49-45(43)44-18-9-16-37-15-7-8-17-42(37)44/h1-32H. The van der Waals surface area contributed by atoms with Gasteiger partial charge in [0.1, 0.15) is 0 Å². The maximum atomic E-state index is 5.03. The summed E-state index contributed by atoms with van der Waals surface area (Å²) >= 11 is 0. The van der Waals surface area contributed by atoms with Gasteiger partial charge in [0.2, 0.25) is 0 Å². The molecule has 0 unspecified atom stereocenters. The largest absolute Gasteiger partial charge is 0.256 e. The summed E-state index contributed by atoms with van der Waals surface area (Å²) in [6, 6.07) is 65.0. The summed E-state index contributed by atoms with van der Waals surface area (Å²) in [4.78, 5) is 19.9. The van der Waals surface area contributed by atoms with Gasteiger partial charge in [-0.15, -0.1) is 0 Å². The number of hydrogen-bond donors (Lipinski definition) is 0. The molecule has 4 nitrogen and oxygen atoms in total. The Kier molecular flexibility index (Phi) is 8.16. The molecule has 0 atom stereocenters. The molecular formula is C48H32N4. The maximum absolute atomic E-state index is 5.03. The average Bonchev–Trinajstić information content (AvgIpc) is 3.24. The fourth-order valence-corrected chi connectivity index (χ4v) is 6.73. The minimum Gasteiger partial charge on any atom is -0.256 e. The Morgan fingerprint density at radius 3 is 1.21 bits per heavy atom. The average molecular weight is 665 g/mol. The summed E-state index contributed by atoms with van der Waals surface area (Å²) in [7, 11) is 0. The second-order valence-corrected chi connectivity index (χ2v) is 12.7. The van der Waals surface area contributed by atoms with E-state index in [0.29, 0.717) is 17.5 Å². The van der Waals surface area contributed by atoms with Crippen molar-refractivity contribution in [1.82, 2.24) is 19.9 Å². The van der Waals surface area contributed by atoms with E-state index in [-0.39, 0.29) is 0 Å². The zero-order valence-corrected chi connectivity index (χ0v) is 28.3. The highest BCUT2D eigenvalue weighted by atomic mass is 15.0. The molecule has 0 aliphatic rings. The monoisotopic (exact) mass is 664 g/mol. The lowest BCUT2D eigenvalue weighted by Gasteiger charge is -2.12. The van der Waals surface area contributed by atoms with E-state index < -0.39 is 0 Å². The zero-order chi connectivity index (χ0) is 34.7. The first kappa shape index (κ1) is 31.0. The van der Waals surface area contributed by atoms with Crippen molar-refractivity contribution in [2.45, 2.75) is 0 Å². The molecule has 2 heterocycles. The highest BCUT2D eigenvalue weighted by molar-refractivity contribution is 5.99. The minimum absolute atomic E-state index is 0.617. The van der Waals surface area contributed by atoms with Gasteiger partial charge >= 0.3 is 0 Å². The highest BCUT2D eigenvalue weighted by Crippen LogP contribution is 2.36. The normalized spacial score (nSPS) is 11.1. The Labute approximate surface area is 302 Å². The topological polar surface area (TPSA) is 51.6 Å². The smallest absolute Gasteiger partial charge is 0.164 e. The number of benzene rings is 7. The molecular weight excluding hydrogens is 633 g/mol. The first-order valence-electron chi connectivity index (χ1n) is 17.4. The van der Waals surface area contributed by atoms with Gasteiger partial charge in [0.25, 0.3) is 0 Å². The van der Waals surface area contributed by atoms with Crippen LogP contribution in [0, 0.1) is 0 Å². The Balaban J connectivity index is 1.11. The molecule has 0 fully saturated rings. The molecule has 244 valence electrons. The van der Waals surface area contributed by atoms with Gasteiger partial charge in [-0.05, 0) is 44.7 Å². The van der Waals surface area contributed by atoms with E-state index in [2.05, 4.69) is 170 Å². The molecule has 52 heavy (non-hydrogen) atoms. The number of fused-ring (bicyclic) bond motifs is 1. The van der Waals surface area contributed by atoms with Crippen molar-refractivity contribution in [3.63, 3.8) is 0 Å². The number of aromatic nitrogens is 4. The van der Waals surface area contributed by atoms with Crippen molar-refractivity contribution in [2.75, 3.05) is 0 Å². The van der Waals surface area contributed by atoms with Crippen LogP contribution in [-0.2, 0) is 0 Å². The molecule has 0 N–H and O–H groups in total. The van der Waals surface area contributed by atoms with Crippen LogP contribution < -0.4 is 0 Å². The maximum Gasteiger partial charge on any atom is 0.164 e. The van der Waals surface area contributed by atoms with Crippen molar-refractivity contribution in [3.05, 3.63) is 194 Å². The highest BCUT2D eigenvalue weighted by Gasteiger charge is 2.15. The van der Waals surface area contributed by atoms with Gasteiger partial charge in [-0.25, -0.2) is 15.0 Å². The van der Waals surface area contributed by atoms with Crippen molar-refractivity contribution in [1.29, 1.82) is 0 Å². The quantitative estimate of drug-likeness (QED) is 0.170. The van der Waals surface area contributed by atoms with E-state index in [1.807, 2.05) is 24.4 Å². The van der Waals surface area contributed by atoms with Crippen LogP contribution >= 0.6 is 0 Å². The number of nitrogens with zero attached hydrogens (tertiary/aromatic N) is 4. The Morgan fingerprint density at radius 2 is 0.673 bits per heavy atom. The molecule has 0 saturated heterocycles. The van der Waals surface area contributed by atoms with E-state index in [1.54, 1.807) is 0 Å². The Morgan fingerprint density at radius 1 is 0.269 bits per heavy atom. The third kappa shape index (κ3) is 6.14. The van der Waals surface area contributed by atoms with Crippen molar-refractivity contribution >= 4 is 10.8 Å². The van der Waals surface area contributed by atoms with Crippen LogP contribution in [-0.4, -0.2) is 19.9 Å². The second-order valence-electron chi connectivity index (χ2n) is 12.7. The first-order chi connectivity index (χ1) is 25.8. The molecule has 0 amide bonds. The molecule has 0 aliphatic carbocycles. The SMILES string of the molecule is c1ccc(-c2ccc(-c3nc(-c4ccc(-c5ccccc5)cc4)nc(-c4ccc(-c5cccnc5-c5cccc6ccccc56)cc4)n3)cc2)cc1. The summed E-state index contributed by atoms with van der Waals surface area (Å²) in [5.74, 6) is 1.87. The number of hydrogen-bond acceptors (Lipinski definition) is 4. The van der Waals surface area contributed by atoms with Gasteiger partial charge in [0.05, 0.1) is 5.69 Å². The van der Waals surface area contributed by atoms with E-state index in [0.717, 1.165) is 50.2 Å². The van der Waals surface area contributed by atoms with E-state index in [9.17, 15) is 0 Å². The lowest BCUT2D eigenvalue weighted by atomic mass is 9.95. The van der Waals surface area contributed by atoms with Crippen molar-refractivity contribution in [3.8, 4) is 78.8 Å². The third-order valence-electron chi connectivity index (χ3n) is 9.44. The Bertz CT molecular complexity index is 2530. The van der Waals surface area contributed by atoms with Crippen LogP contribution in [0.2, 0.25) is 0 Å². The molecule has 0 radical (unpaired) electrons. The molecule has 9 aromatic rings. The number of rotatable bonds is 7. The van der Waals surface area contributed by atoms with Crippen molar-refractivity contribution < 1.29 is 0 Å². The third-order valence-corrected chi connectivity index (χ3v) is 9.44. The lowest BCUT2D eigenvalue weighted by Crippen LogP contribution is -2.00. The van der Waals surface area contributed by atoms with Crippen LogP contribution in [0.5, 0.6) is 0 Å². The van der Waals surface area contributed by atoms with Gasteiger partial charge in [-0.2, -0.15) is 0 Å². The second kappa shape index (κ2) is 13.7. The zero-order valence-electron chi connectivity index (χ0n) is 28.3. The number of pyridine rings is 1. The molecule has 7 aromatic carbocycles. The molecule has 2 aromatic heterocycles. The van der Waals surface area contributed by atoms with E-state index in [4.69, 9.17) is 19.9 Å². The predicted molar refractivity (Wildman–Crippen MR) is 213 cm³/mol. The van der Waals surface area contributed by atoms with Gasteiger partial charge in [-0.3, -0.25) is 4.98 Å². The van der Waals surface area contributed by atoms with Crippen LogP contribution in [0.1, 0.15) is 0 Å². The van der Waals surface area contributed by atoms with Crippen LogP contribution in [0.3, 0.4) is 0 Å². The summed E-state index contributed by atoms with van der Waals surface area (Å²) in [5, 5.41) is 2.37. The molecule has 0 bridgehead atoms. The molecule has 4 heteroatoms. The first-order valence-corrected chi connectivity index (χ1v) is 17.4. The fourth-order valence-electron chi connectivity index (χ4n) is 6.73. The van der Waals surface area contributed by atoms with Gasteiger partial charge in [-0.1, -0.05) is 182 Å². The molecule has 0 aliphatic heterocycles. The minimum atomic E-state index is 0.617. The lowest BCUT2D eigenvalue weighted by molar-refractivity contribution is 1.07. The summed E-state index contributed by atoms with van der Waals surface area (Å²) in [6.07, 6.45) is 1.86. The van der Waals surface area contributed by atoms with E-state index in [1.165, 1.54) is 21.9 Å². The van der Waals surface area contributed by atoms with Crippen LogP contribution in [0.4, 0.5) is 0 Å². The van der Waals surface area contributed by atoms with Crippen LogP contribution in [0.25, 0.3) is 89.6 Å². The molecule has 9 rings (SSSR count). The summed E-state index contributed by atoms with van der Waals surface area (Å²) < 4.78 is 0. The molecule has 0 saturated carbocycles. The Hall–Kier alpha value is -7.04. The fraction of sp³-hybridized carbons (Fsp3) is 0. The summed E-state index contributed by atoms with van der Waals surface area (Å²) in [5.41, 5.74) is 11.6. The van der Waals surface area contributed by atoms with E-state index >= 15 is 0 Å². The molecule has 0 spiro atoms. The summed E-state index contributed by atoms with van der Waals surface area (Å²) in [6.45, 7) is 0.